The highest BCUT2D eigenvalue weighted by molar-refractivity contribution is 6.28. The fourth-order valence-electron chi connectivity index (χ4n) is 2.31. The zero-order valence-corrected chi connectivity index (χ0v) is 11.8. The van der Waals surface area contributed by atoms with Crippen LogP contribution in [0, 0.1) is 5.82 Å². The monoisotopic (exact) mass is 309 g/mol. The molecule has 21 heavy (non-hydrogen) atoms. The van der Waals surface area contributed by atoms with Gasteiger partial charge in [0, 0.05) is 31.9 Å². The van der Waals surface area contributed by atoms with E-state index in [0.717, 1.165) is 18.8 Å². The molecule has 0 atom stereocenters. The van der Waals surface area contributed by atoms with Gasteiger partial charge in [0.25, 0.3) is 0 Å². The molecule has 0 amide bonds. The number of nitrogens with zero attached hydrogens (tertiary/aromatic N) is 4. The van der Waals surface area contributed by atoms with E-state index in [1.165, 1.54) is 12.1 Å². The molecule has 6 nitrogen and oxygen atoms in total. The lowest BCUT2D eigenvalue weighted by molar-refractivity contribution is 0.622. The van der Waals surface area contributed by atoms with E-state index in [9.17, 15) is 9.18 Å². The van der Waals surface area contributed by atoms with Crippen molar-refractivity contribution in [1.82, 2.24) is 15.0 Å². The minimum absolute atomic E-state index is 0.0333. The van der Waals surface area contributed by atoms with Crippen molar-refractivity contribution < 1.29 is 4.39 Å². The molecule has 1 aromatic carbocycles. The number of piperazine rings is 1. The Labute approximate surface area is 125 Å². The molecule has 8 heteroatoms. The van der Waals surface area contributed by atoms with Gasteiger partial charge < -0.3 is 9.80 Å². The molecule has 1 aliphatic rings. The van der Waals surface area contributed by atoms with Gasteiger partial charge in [-0.25, -0.2) is 9.18 Å². The zero-order chi connectivity index (χ0) is 14.8. The van der Waals surface area contributed by atoms with Crippen LogP contribution in [0.5, 0.6) is 0 Å². The van der Waals surface area contributed by atoms with Crippen LogP contribution in [0.25, 0.3) is 0 Å². The quantitative estimate of drug-likeness (QED) is 0.905. The van der Waals surface area contributed by atoms with Crippen molar-refractivity contribution >= 4 is 23.2 Å². The number of anilines is 2. The van der Waals surface area contributed by atoms with Crippen molar-refractivity contribution in [2.24, 2.45) is 0 Å². The Morgan fingerprint density at radius 2 is 1.67 bits per heavy atom. The summed E-state index contributed by atoms with van der Waals surface area (Å²) >= 11 is 5.73. The Hall–Kier alpha value is -2.15. The van der Waals surface area contributed by atoms with E-state index in [2.05, 4.69) is 19.9 Å². The number of hydrogen-bond acceptors (Lipinski definition) is 5. The van der Waals surface area contributed by atoms with Crippen LogP contribution in [0.2, 0.25) is 5.28 Å². The predicted octanol–water partition coefficient (Wildman–Crippen LogP) is 1.28. The first-order valence-electron chi connectivity index (χ1n) is 6.51. The third kappa shape index (κ3) is 3.13. The normalized spacial score (nSPS) is 15.3. The molecule has 110 valence electrons. The zero-order valence-electron chi connectivity index (χ0n) is 11.1. The second-order valence-electron chi connectivity index (χ2n) is 4.70. The number of nitrogens with one attached hydrogen (secondary N) is 1. The molecule has 2 aromatic rings. The molecule has 1 N–H and O–H groups in total. The van der Waals surface area contributed by atoms with Gasteiger partial charge in [-0.2, -0.15) is 9.97 Å². The number of aromatic amines is 1. The van der Waals surface area contributed by atoms with Crippen LogP contribution in [0.3, 0.4) is 0 Å². The lowest BCUT2D eigenvalue weighted by atomic mass is 10.2. The average molecular weight is 310 g/mol. The molecule has 1 aliphatic heterocycles. The summed E-state index contributed by atoms with van der Waals surface area (Å²) in [6.45, 7) is 2.80. The van der Waals surface area contributed by atoms with E-state index in [4.69, 9.17) is 11.6 Å². The maximum absolute atomic E-state index is 12.9. The van der Waals surface area contributed by atoms with Crippen LogP contribution in [0.15, 0.2) is 29.1 Å². The largest absolute Gasteiger partial charge is 0.368 e. The summed E-state index contributed by atoms with van der Waals surface area (Å²) in [5, 5.41) is 0.0333. The minimum Gasteiger partial charge on any atom is -0.368 e. The molecule has 2 heterocycles. The molecular weight excluding hydrogens is 297 g/mol. The SMILES string of the molecule is O=c1nc(N2CCN(c3ccc(F)cc3)CC2)nc(Cl)[nH]1. The third-order valence-electron chi connectivity index (χ3n) is 3.36. The molecule has 0 aliphatic carbocycles. The summed E-state index contributed by atoms with van der Waals surface area (Å²) in [4.78, 5) is 25.5. The van der Waals surface area contributed by atoms with Crippen LogP contribution < -0.4 is 15.5 Å². The standard InChI is InChI=1S/C13H13ClFN5O/c14-11-16-12(18-13(21)17-11)20-7-5-19(6-8-20)10-3-1-9(15)2-4-10/h1-4H,5-8H2,(H,16,17,18,21). The third-order valence-corrected chi connectivity index (χ3v) is 3.54. The lowest BCUT2D eigenvalue weighted by Crippen LogP contribution is -2.47. The van der Waals surface area contributed by atoms with Crippen LogP contribution in [0.4, 0.5) is 16.0 Å². The summed E-state index contributed by atoms with van der Waals surface area (Å²) in [7, 11) is 0. The number of aromatic nitrogens is 3. The van der Waals surface area contributed by atoms with Gasteiger partial charge in [-0.05, 0) is 35.9 Å². The number of H-pyrrole nitrogens is 1. The van der Waals surface area contributed by atoms with Gasteiger partial charge in [-0.1, -0.05) is 0 Å². The van der Waals surface area contributed by atoms with Crippen molar-refractivity contribution in [1.29, 1.82) is 0 Å². The smallest absolute Gasteiger partial charge is 0.350 e. The van der Waals surface area contributed by atoms with Crippen LogP contribution >= 0.6 is 11.6 Å². The summed E-state index contributed by atoms with van der Waals surface area (Å²) in [6.07, 6.45) is 0. The molecule has 1 fully saturated rings. The van der Waals surface area contributed by atoms with Gasteiger partial charge in [0.1, 0.15) is 5.82 Å². The maximum Gasteiger partial charge on any atom is 0.350 e. The van der Waals surface area contributed by atoms with Gasteiger partial charge in [-0.3, -0.25) is 4.98 Å². The second-order valence-corrected chi connectivity index (χ2v) is 5.05. The molecule has 0 saturated carbocycles. The summed E-state index contributed by atoms with van der Waals surface area (Å²) in [5.41, 5.74) is 0.465. The maximum atomic E-state index is 12.9. The average Bonchev–Trinajstić information content (AvgIpc) is 2.47. The van der Waals surface area contributed by atoms with Crippen molar-refractivity contribution in [3.05, 3.63) is 45.9 Å². The highest BCUT2D eigenvalue weighted by atomic mass is 35.5. The number of rotatable bonds is 2. The highest BCUT2D eigenvalue weighted by Crippen LogP contribution is 2.18. The summed E-state index contributed by atoms with van der Waals surface area (Å²) in [5.74, 6) is 0.0893. The summed E-state index contributed by atoms with van der Waals surface area (Å²) < 4.78 is 12.9. The number of benzene rings is 1. The predicted molar refractivity (Wildman–Crippen MR) is 78.5 cm³/mol. The molecule has 1 saturated heterocycles. The first-order chi connectivity index (χ1) is 10.1. The van der Waals surface area contributed by atoms with Crippen LogP contribution in [-0.2, 0) is 0 Å². The highest BCUT2D eigenvalue weighted by Gasteiger charge is 2.20. The number of hydrogen-bond donors (Lipinski definition) is 1. The lowest BCUT2D eigenvalue weighted by Gasteiger charge is -2.35. The molecule has 3 rings (SSSR count). The van der Waals surface area contributed by atoms with Gasteiger partial charge in [0.2, 0.25) is 11.2 Å². The molecule has 0 radical (unpaired) electrons. The van der Waals surface area contributed by atoms with E-state index in [0.29, 0.717) is 19.0 Å². The van der Waals surface area contributed by atoms with Gasteiger partial charge >= 0.3 is 5.69 Å². The van der Waals surface area contributed by atoms with E-state index in [-0.39, 0.29) is 11.1 Å². The van der Waals surface area contributed by atoms with Crippen molar-refractivity contribution in [2.45, 2.75) is 0 Å². The Morgan fingerprint density at radius 1 is 1.05 bits per heavy atom. The van der Waals surface area contributed by atoms with E-state index < -0.39 is 5.69 Å². The van der Waals surface area contributed by atoms with Gasteiger partial charge in [-0.15, -0.1) is 0 Å². The van der Waals surface area contributed by atoms with Gasteiger partial charge in [0.05, 0.1) is 0 Å². The Balaban J connectivity index is 1.70. The minimum atomic E-state index is -0.508. The molecule has 0 spiro atoms. The number of halogens is 2. The topological polar surface area (TPSA) is 65.1 Å². The van der Waals surface area contributed by atoms with E-state index in [1.54, 1.807) is 12.1 Å². The Kier molecular flexibility index (Phi) is 3.74. The van der Waals surface area contributed by atoms with Crippen molar-refractivity contribution in [3.8, 4) is 0 Å². The van der Waals surface area contributed by atoms with Crippen molar-refractivity contribution in [3.63, 3.8) is 0 Å². The Bertz CT molecular complexity index is 682. The molecule has 1 aromatic heterocycles. The first kappa shape index (κ1) is 13.8. The van der Waals surface area contributed by atoms with E-state index in [1.807, 2.05) is 4.90 Å². The second kappa shape index (κ2) is 5.69. The fourth-order valence-corrected chi connectivity index (χ4v) is 2.46. The molecule has 0 unspecified atom stereocenters. The summed E-state index contributed by atoms with van der Waals surface area (Å²) in [6, 6.07) is 6.40. The van der Waals surface area contributed by atoms with Crippen LogP contribution in [-0.4, -0.2) is 41.1 Å². The molecule has 0 bridgehead atoms. The first-order valence-corrected chi connectivity index (χ1v) is 6.89. The Morgan fingerprint density at radius 3 is 2.29 bits per heavy atom. The van der Waals surface area contributed by atoms with Crippen LogP contribution in [0.1, 0.15) is 0 Å². The molecular formula is C13H13ClFN5O. The van der Waals surface area contributed by atoms with Gasteiger partial charge in [0.15, 0.2) is 0 Å². The van der Waals surface area contributed by atoms with E-state index >= 15 is 0 Å². The van der Waals surface area contributed by atoms with Crippen molar-refractivity contribution in [2.75, 3.05) is 36.0 Å². The fraction of sp³-hybridized carbons (Fsp3) is 0.308.